The zero-order valence-corrected chi connectivity index (χ0v) is 28.1. The fraction of sp³-hybridized carbons (Fsp3) is 0.559. The highest BCUT2D eigenvalue weighted by molar-refractivity contribution is 6.31. The van der Waals surface area contributed by atoms with Gasteiger partial charge in [-0.3, -0.25) is 9.59 Å². The highest BCUT2D eigenvalue weighted by atomic mass is 35.5. The van der Waals surface area contributed by atoms with E-state index < -0.39 is 58.1 Å². The molecule has 0 unspecified atom stereocenters. The summed E-state index contributed by atoms with van der Waals surface area (Å²) in [5.41, 5.74) is 2.54. The lowest BCUT2D eigenvalue weighted by molar-refractivity contribution is -0.163. The molecule has 2 aliphatic rings. The van der Waals surface area contributed by atoms with Crippen LogP contribution in [0, 0.1) is 28.4 Å². The lowest BCUT2D eigenvalue weighted by Crippen LogP contribution is -2.56. The molecule has 4 atom stereocenters. The summed E-state index contributed by atoms with van der Waals surface area (Å²) in [5.74, 6) is -3.63. The van der Waals surface area contributed by atoms with Crippen molar-refractivity contribution in [3.8, 4) is 6.07 Å². The minimum Gasteiger partial charge on any atom is -0.459 e. The molecule has 1 saturated carbocycles. The molecule has 45 heavy (non-hydrogen) atoms. The second kappa shape index (κ2) is 12.8. The summed E-state index contributed by atoms with van der Waals surface area (Å²) < 4.78 is 37.2. The van der Waals surface area contributed by atoms with Gasteiger partial charge in [0.1, 0.15) is 28.2 Å². The summed E-state index contributed by atoms with van der Waals surface area (Å²) >= 11 is 12.3. The van der Waals surface area contributed by atoms with Crippen molar-refractivity contribution in [1.29, 1.82) is 5.26 Å². The molecule has 0 bridgehead atoms. The van der Waals surface area contributed by atoms with Crippen LogP contribution in [0.5, 0.6) is 0 Å². The van der Waals surface area contributed by atoms with Crippen molar-refractivity contribution >= 4 is 35.1 Å². The van der Waals surface area contributed by atoms with Crippen molar-refractivity contribution in [2.75, 3.05) is 0 Å². The molecule has 244 valence electrons. The first-order chi connectivity index (χ1) is 20.8. The Morgan fingerprint density at radius 3 is 2.31 bits per heavy atom. The van der Waals surface area contributed by atoms with Crippen LogP contribution in [0.4, 0.5) is 8.78 Å². The van der Waals surface area contributed by atoms with E-state index in [2.05, 4.69) is 16.7 Å². The van der Waals surface area contributed by atoms with Crippen LogP contribution >= 0.6 is 23.2 Å². The van der Waals surface area contributed by atoms with Gasteiger partial charge in [-0.1, -0.05) is 62.2 Å². The summed E-state index contributed by atoms with van der Waals surface area (Å²) in [7, 11) is 0. The van der Waals surface area contributed by atoms with E-state index in [1.807, 2.05) is 20.8 Å². The van der Waals surface area contributed by atoms with E-state index in [4.69, 9.17) is 33.7 Å². The van der Waals surface area contributed by atoms with Crippen LogP contribution in [0.25, 0.3) is 0 Å². The average Bonchev–Trinajstić information content (AvgIpc) is 3.23. The normalized spacial score (nSPS) is 28.8. The fourth-order valence-electron chi connectivity index (χ4n) is 6.71. The average molecular weight is 664 g/mol. The van der Waals surface area contributed by atoms with E-state index in [-0.39, 0.29) is 32.6 Å². The second-order valence-corrected chi connectivity index (χ2v) is 15.5. The molecule has 2 fully saturated rings. The molecule has 1 amide bonds. The third kappa shape index (κ3) is 7.30. The van der Waals surface area contributed by atoms with Crippen LogP contribution in [-0.4, -0.2) is 41.1 Å². The van der Waals surface area contributed by atoms with Crippen LogP contribution in [0.15, 0.2) is 36.4 Å². The molecule has 0 radical (unpaired) electrons. The zero-order chi connectivity index (χ0) is 33.5. The molecule has 4 rings (SSSR count). The number of nitrogens with zero attached hydrogens (tertiary/aromatic N) is 1. The number of benzene rings is 2. The molecule has 2 aromatic carbocycles. The Bertz CT molecular complexity index is 1490. The molecule has 1 aliphatic carbocycles. The Kier molecular flexibility index (Phi) is 9.97. The van der Waals surface area contributed by atoms with E-state index in [0.29, 0.717) is 32.1 Å². The smallest absolute Gasteiger partial charge is 0.326 e. The topological polar surface area (TPSA) is 117 Å². The highest BCUT2D eigenvalue weighted by Crippen LogP contribution is 2.52. The molecule has 4 N–H and O–H groups in total. The first kappa shape index (κ1) is 35.1. The summed E-state index contributed by atoms with van der Waals surface area (Å²) in [4.78, 5) is 27.0. The molecule has 0 spiro atoms. The largest absolute Gasteiger partial charge is 0.459 e. The minimum absolute atomic E-state index is 0.0127. The first-order valence-corrected chi connectivity index (χ1v) is 16.0. The number of rotatable bonds is 6. The number of ether oxygens (including phenoxy) is 1. The van der Waals surface area contributed by atoms with Crippen LogP contribution < -0.4 is 16.4 Å². The van der Waals surface area contributed by atoms with Gasteiger partial charge in [-0.15, -0.1) is 0 Å². The number of nitriles is 1. The predicted molar refractivity (Wildman–Crippen MR) is 171 cm³/mol. The summed E-state index contributed by atoms with van der Waals surface area (Å²) in [6.45, 7) is 11.3. The number of esters is 1. The SMILES string of the molecule is CC(C)(C)C[C@@H]1N[C@@H](C(=O)NC2CCC(N)(C(=O)OC(C)(C)C)CC2)[C@H](c2cccc(Cl)c2F)[C@@]1(C#N)c1ccc(Cl)cc1F. The predicted octanol–water partition coefficient (Wildman–Crippen LogP) is 6.69. The molecule has 2 aromatic rings. The van der Waals surface area contributed by atoms with Crippen molar-refractivity contribution < 1.29 is 23.1 Å². The van der Waals surface area contributed by atoms with E-state index in [0.717, 1.165) is 6.07 Å². The second-order valence-electron chi connectivity index (χ2n) is 14.6. The van der Waals surface area contributed by atoms with Gasteiger partial charge in [0.05, 0.1) is 17.1 Å². The monoisotopic (exact) mass is 662 g/mol. The third-order valence-corrected chi connectivity index (χ3v) is 9.29. The number of hydrogen-bond acceptors (Lipinski definition) is 6. The number of carbonyl (C=O) groups excluding carboxylic acids is 2. The number of amides is 1. The highest BCUT2D eigenvalue weighted by Gasteiger charge is 2.61. The van der Waals surface area contributed by atoms with Gasteiger partial charge in [0.2, 0.25) is 5.91 Å². The van der Waals surface area contributed by atoms with Gasteiger partial charge >= 0.3 is 5.97 Å². The number of nitrogens with two attached hydrogens (primary N) is 1. The van der Waals surface area contributed by atoms with Crippen LogP contribution in [0.3, 0.4) is 0 Å². The van der Waals surface area contributed by atoms with Crippen LogP contribution in [0.1, 0.15) is 90.7 Å². The Hall–Kier alpha value is -2.77. The van der Waals surface area contributed by atoms with Gasteiger partial charge in [0.25, 0.3) is 0 Å². The maximum atomic E-state index is 15.9. The van der Waals surface area contributed by atoms with E-state index in [9.17, 15) is 14.9 Å². The summed E-state index contributed by atoms with van der Waals surface area (Å²) in [6, 6.07) is 8.58. The zero-order valence-electron chi connectivity index (χ0n) is 26.6. The minimum atomic E-state index is -1.72. The Morgan fingerprint density at radius 1 is 1.11 bits per heavy atom. The summed E-state index contributed by atoms with van der Waals surface area (Å²) in [6.07, 6.45) is 1.76. The van der Waals surface area contributed by atoms with Crippen molar-refractivity contribution in [2.24, 2.45) is 11.1 Å². The molecular formula is C34H42Cl2F2N4O3. The Morgan fingerprint density at radius 2 is 1.76 bits per heavy atom. The Labute approximate surface area is 274 Å². The number of nitrogens with one attached hydrogen (secondary N) is 2. The van der Waals surface area contributed by atoms with Gasteiger partial charge in [-0.05, 0) is 82.1 Å². The maximum absolute atomic E-state index is 15.9. The molecule has 0 aromatic heterocycles. The van der Waals surface area contributed by atoms with Crippen molar-refractivity contribution in [2.45, 2.75) is 114 Å². The van der Waals surface area contributed by atoms with E-state index >= 15 is 8.78 Å². The standard InChI is InChI=1S/C34H42Cl2F2N4O3/c1-31(2,3)17-25-34(18-39,22-11-10-19(35)16-24(22)37)26(21-8-7-9-23(36)27(21)38)28(42-25)29(43)41-20-12-14-33(40,15-13-20)30(44)45-32(4,5)6/h7-11,16,20,25-26,28,42H,12-15,17,40H2,1-6H3,(H,41,43)/t20?,25-,26-,28+,33?,34-/m0/s1. The van der Waals surface area contributed by atoms with Crippen molar-refractivity contribution in [3.63, 3.8) is 0 Å². The number of carbonyl (C=O) groups is 2. The quantitative estimate of drug-likeness (QED) is 0.297. The van der Waals surface area contributed by atoms with E-state index in [1.165, 1.54) is 24.3 Å². The molecule has 7 nitrogen and oxygen atoms in total. The lowest BCUT2D eigenvalue weighted by atomic mass is 9.62. The van der Waals surface area contributed by atoms with Gasteiger partial charge < -0.3 is 21.1 Å². The van der Waals surface area contributed by atoms with E-state index in [1.54, 1.807) is 26.8 Å². The number of halogens is 4. The fourth-order valence-corrected chi connectivity index (χ4v) is 7.05. The van der Waals surface area contributed by atoms with Gasteiger partial charge in [0.15, 0.2) is 0 Å². The molecular weight excluding hydrogens is 621 g/mol. The first-order valence-electron chi connectivity index (χ1n) is 15.2. The van der Waals surface area contributed by atoms with Crippen LogP contribution in [0.2, 0.25) is 10.0 Å². The number of hydrogen-bond donors (Lipinski definition) is 3. The van der Waals surface area contributed by atoms with Gasteiger partial charge in [0, 0.05) is 28.6 Å². The lowest BCUT2D eigenvalue weighted by Gasteiger charge is -2.38. The molecule has 1 heterocycles. The maximum Gasteiger partial charge on any atom is 0.326 e. The Balaban J connectivity index is 1.74. The molecule has 1 saturated heterocycles. The molecule has 1 aliphatic heterocycles. The summed E-state index contributed by atoms with van der Waals surface area (Å²) in [5, 5.41) is 17.3. The van der Waals surface area contributed by atoms with Crippen LogP contribution in [-0.2, 0) is 19.7 Å². The van der Waals surface area contributed by atoms with Crippen molar-refractivity contribution in [1.82, 2.24) is 10.6 Å². The molecule has 11 heteroatoms. The van der Waals surface area contributed by atoms with Gasteiger partial charge in [-0.25, -0.2) is 8.78 Å². The third-order valence-electron chi connectivity index (χ3n) is 8.76. The van der Waals surface area contributed by atoms with Crippen molar-refractivity contribution in [3.05, 3.63) is 69.2 Å². The van der Waals surface area contributed by atoms with Gasteiger partial charge in [-0.2, -0.15) is 5.26 Å².